The van der Waals surface area contributed by atoms with Gasteiger partial charge in [0.15, 0.2) is 0 Å². The first-order chi connectivity index (χ1) is 9.72. The van der Waals surface area contributed by atoms with Crippen LogP contribution in [0.5, 0.6) is 11.5 Å². The zero-order valence-electron chi connectivity index (χ0n) is 11.4. The van der Waals surface area contributed by atoms with Crippen LogP contribution in [-0.4, -0.2) is 13.7 Å². The number of ether oxygens (including phenoxy) is 2. The second kappa shape index (κ2) is 7.31. The van der Waals surface area contributed by atoms with Gasteiger partial charge in [0.1, 0.15) is 18.1 Å². The fourth-order valence-electron chi connectivity index (χ4n) is 1.92. The van der Waals surface area contributed by atoms with E-state index in [-0.39, 0.29) is 0 Å². The summed E-state index contributed by atoms with van der Waals surface area (Å²) < 4.78 is 11.9. The molecule has 4 heteroatoms. The molecule has 0 amide bonds. The first-order valence-corrected chi connectivity index (χ1v) is 7.26. The molecule has 2 N–H and O–H groups in total. The van der Waals surface area contributed by atoms with Crippen molar-refractivity contribution >= 4 is 15.9 Å². The van der Waals surface area contributed by atoms with Gasteiger partial charge in [-0.1, -0.05) is 18.2 Å². The van der Waals surface area contributed by atoms with Crippen LogP contribution in [0.15, 0.2) is 46.9 Å². The van der Waals surface area contributed by atoms with Crippen molar-refractivity contribution in [1.29, 1.82) is 0 Å². The SMILES string of the molecule is COc1ccc(COc2cccc(CCN)c2)cc1Br. The Hall–Kier alpha value is -1.52. The Kier molecular flexibility index (Phi) is 5.44. The fourth-order valence-corrected chi connectivity index (χ4v) is 2.51. The maximum Gasteiger partial charge on any atom is 0.133 e. The Morgan fingerprint density at radius 1 is 1.10 bits per heavy atom. The highest BCUT2D eigenvalue weighted by atomic mass is 79.9. The topological polar surface area (TPSA) is 44.5 Å². The van der Waals surface area contributed by atoms with Crippen LogP contribution in [-0.2, 0) is 13.0 Å². The van der Waals surface area contributed by atoms with E-state index < -0.39 is 0 Å². The lowest BCUT2D eigenvalue weighted by Crippen LogP contribution is -2.03. The largest absolute Gasteiger partial charge is 0.496 e. The maximum atomic E-state index is 5.81. The molecule has 0 unspecified atom stereocenters. The summed E-state index contributed by atoms with van der Waals surface area (Å²) in [6.45, 7) is 1.17. The van der Waals surface area contributed by atoms with E-state index in [4.69, 9.17) is 15.2 Å². The van der Waals surface area contributed by atoms with Gasteiger partial charge in [0, 0.05) is 0 Å². The molecule has 106 valence electrons. The van der Waals surface area contributed by atoms with E-state index in [0.717, 1.165) is 28.0 Å². The standard InChI is InChI=1S/C16H18BrNO2/c1-19-16-6-5-13(10-15(16)17)11-20-14-4-2-3-12(9-14)7-8-18/h2-6,9-10H,7-8,11,18H2,1H3. The lowest BCUT2D eigenvalue weighted by atomic mass is 10.1. The van der Waals surface area contributed by atoms with Crippen molar-refractivity contribution in [3.63, 3.8) is 0 Å². The number of methoxy groups -OCH3 is 1. The Labute approximate surface area is 127 Å². The Morgan fingerprint density at radius 3 is 2.65 bits per heavy atom. The van der Waals surface area contributed by atoms with Crippen molar-refractivity contribution < 1.29 is 9.47 Å². The molecule has 0 aliphatic heterocycles. The molecule has 0 aromatic heterocycles. The predicted molar refractivity (Wildman–Crippen MR) is 84.2 cm³/mol. The predicted octanol–water partition coefficient (Wildman–Crippen LogP) is 3.54. The Morgan fingerprint density at radius 2 is 1.95 bits per heavy atom. The quantitative estimate of drug-likeness (QED) is 0.878. The van der Waals surface area contributed by atoms with Gasteiger partial charge in [-0.15, -0.1) is 0 Å². The van der Waals surface area contributed by atoms with Gasteiger partial charge >= 0.3 is 0 Å². The smallest absolute Gasteiger partial charge is 0.133 e. The van der Waals surface area contributed by atoms with Crippen molar-refractivity contribution in [3.8, 4) is 11.5 Å². The summed E-state index contributed by atoms with van der Waals surface area (Å²) in [7, 11) is 1.65. The third kappa shape index (κ3) is 3.99. The van der Waals surface area contributed by atoms with Crippen molar-refractivity contribution in [2.24, 2.45) is 5.73 Å². The summed E-state index contributed by atoms with van der Waals surface area (Å²) in [5, 5.41) is 0. The third-order valence-electron chi connectivity index (χ3n) is 2.95. The highest BCUT2D eigenvalue weighted by Crippen LogP contribution is 2.26. The first-order valence-electron chi connectivity index (χ1n) is 6.47. The van der Waals surface area contributed by atoms with E-state index in [2.05, 4.69) is 22.0 Å². The van der Waals surface area contributed by atoms with Gasteiger partial charge in [0.05, 0.1) is 11.6 Å². The molecule has 0 bridgehead atoms. The second-order valence-electron chi connectivity index (χ2n) is 4.44. The van der Waals surface area contributed by atoms with E-state index in [9.17, 15) is 0 Å². The van der Waals surface area contributed by atoms with Gasteiger partial charge in [-0.2, -0.15) is 0 Å². The molecule has 0 saturated heterocycles. The zero-order valence-corrected chi connectivity index (χ0v) is 13.0. The Balaban J connectivity index is 2.01. The number of benzene rings is 2. The summed E-state index contributed by atoms with van der Waals surface area (Å²) in [6, 6.07) is 14.0. The van der Waals surface area contributed by atoms with Gasteiger partial charge in [-0.05, 0) is 64.3 Å². The van der Waals surface area contributed by atoms with Crippen LogP contribution in [0.3, 0.4) is 0 Å². The summed E-state index contributed by atoms with van der Waals surface area (Å²) in [6.07, 6.45) is 0.866. The van der Waals surface area contributed by atoms with Gasteiger partial charge in [-0.25, -0.2) is 0 Å². The normalized spacial score (nSPS) is 10.3. The average molecular weight is 336 g/mol. The van der Waals surface area contributed by atoms with Crippen molar-refractivity contribution in [3.05, 3.63) is 58.1 Å². The molecule has 2 rings (SSSR count). The molecule has 0 spiro atoms. The van der Waals surface area contributed by atoms with E-state index in [1.807, 2.05) is 36.4 Å². The minimum absolute atomic E-state index is 0.522. The Bertz CT molecular complexity index is 572. The van der Waals surface area contributed by atoms with E-state index in [1.165, 1.54) is 5.56 Å². The van der Waals surface area contributed by atoms with E-state index in [0.29, 0.717) is 13.2 Å². The minimum Gasteiger partial charge on any atom is -0.496 e. The second-order valence-corrected chi connectivity index (χ2v) is 5.30. The monoisotopic (exact) mass is 335 g/mol. The van der Waals surface area contributed by atoms with Crippen molar-refractivity contribution in [1.82, 2.24) is 0 Å². The summed E-state index contributed by atoms with van der Waals surface area (Å²) in [5.74, 6) is 1.68. The molecule has 2 aromatic rings. The van der Waals surface area contributed by atoms with Crippen LogP contribution in [0.4, 0.5) is 0 Å². The molecule has 0 aliphatic carbocycles. The fraction of sp³-hybridized carbons (Fsp3) is 0.250. The van der Waals surface area contributed by atoms with Crippen LogP contribution in [0.2, 0.25) is 0 Å². The number of nitrogens with two attached hydrogens (primary N) is 1. The summed E-state index contributed by atoms with van der Waals surface area (Å²) >= 11 is 3.47. The lowest BCUT2D eigenvalue weighted by Gasteiger charge is -2.09. The van der Waals surface area contributed by atoms with Gasteiger partial charge in [0.25, 0.3) is 0 Å². The van der Waals surface area contributed by atoms with Crippen LogP contribution in [0.25, 0.3) is 0 Å². The van der Waals surface area contributed by atoms with Gasteiger partial charge in [0.2, 0.25) is 0 Å². The molecule has 20 heavy (non-hydrogen) atoms. The highest BCUT2D eigenvalue weighted by Gasteiger charge is 2.03. The molecule has 0 fully saturated rings. The van der Waals surface area contributed by atoms with Crippen molar-refractivity contribution in [2.45, 2.75) is 13.0 Å². The van der Waals surface area contributed by atoms with E-state index >= 15 is 0 Å². The summed E-state index contributed by atoms with van der Waals surface area (Å²) in [4.78, 5) is 0. The molecule has 0 heterocycles. The van der Waals surface area contributed by atoms with E-state index in [1.54, 1.807) is 7.11 Å². The van der Waals surface area contributed by atoms with Gasteiger partial charge < -0.3 is 15.2 Å². The molecule has 0 atom stereocenters. The summed E-state index contributed by atoms with van der Waals surface area (Å²) in [5.41, 5.74) is 7.84. The average Bonchev–Trinajstić information content (AvgIpc) is 2.46. The highest BCUT2D eigenvalue weighted by molar-refractivity contribution is 9.10. The lowest BCUT2D eigenvalue weighted by molar-refractivity contribution is 0.305. The molecule has 3 nitrogen and oxygen atoms in total. The zero-order chi connectivity index (χ0) is 14.4. The first kappa shape index (κ1) is 14.9. The maximum absolute atomic E-state index is 5.81. The number of hydrogen-bond acceptors (Lipinski definition) is 3. The molecule has 2 aromatic carbocycles. The van der Waals surface area contributed by atoms with Crippen LogP contribution in [0.1, 0.15) is 11.1 Å². The van der Waals surface area contributed by atoms with Gasteiger partial charge in [-0.3, -0.25) is 0 Å². The van der Waals surface area contributed by atoms with Crippen LogP contribution in [0, 0.1) is 0 Å². The number of rotatable bonds is 6. The third-order valence-corrected chi connectivity index (χ3v) is 3.57. The molecule has 0 saturated carbocycles. The number of halogens is 1. The van der Waals surface area contributed by atoms with Crippen LogP contribution < -0.4 is 15.2 Å². The molecule has 0 aliphatic rings. The van der Waals surface area contributed by atoms with Crippen LogP contribution >= 0.6 is 15.9 Å². The number of hydrogen-bond donors (Lipinski definition) is 1. The molecular weight excluding hydrogens is 318 g/mol. The minimum atomic E-state index is 0.522. The van der Waals surface area contributed by atoms with Crippen molar-refractivity contribution in [2.75, 3.05) is 13.7 Å². The molecule has 0 radical (unpaired) electrons. The molecular formula is C16H18BrNO2.